The van der Waals surface area contributed by atoms with Gasteiger partial charge >= 0.3 is 0 Å². The molecule has 1 amide bonds. The van der Waals surface area contributed by atoms with E-state index < -0.39 is 0 Å². The summed E-state index contributed by atoms with van der Waals surface area (Å²) in [4.78, 5) is 21.6. The molecule has 2 aromatic carbocycles. The van der Waals surface area contributed by atoms with Crippen molar-refractivity contribution in [1.82, 2.24) is 9.88 Å². The number of rotatable bonds is 7. The molecule has 0 unspecified atom stereocenters. The number of aromatic nitrogens is 1. The van der Waals surface area contributed by atoms with Crippen LogP contribution in [0.4, 0.5) is 11.4 Å². The number of para-hydroxylation sites is 2. The van der Waals surface area contributed by atoms with Crippen LogP contribution in [-0.2, 0) is 11.2 Å². The predicted octanol–water partition coefficient (Wildman–Crippen LogP) is 3.83. The van der Waals surface area contributed by atoms with E-state index in [1.807, 2.05) is 48.8 Å². The van der Waals surface area contributed by atoms with E-state index in [0.717, 1.165) is 61.8 Å². The lowest BCUT2D eigenvalue weighted by Crippen LogP contribution is -2.47. The molecule has 5 rings (SSSR count). The highest BCUT2D eigenvalue weighted by molar-refractivity contribution is 6.03. The van der Waals surface area contributed by atoms with Gasteiger partial charge < -0.3 is 19.7 Å². The van der Waals surface area contributed by atoms with Gasteiger partial charge in [0.05, 0.1) is 11.4 Å². The van der Waals surface area contributed by atoms with Gasteiger partial charge in [-0.15, -0.1) is 0 Å². The molecule has 7 heteroatoms. The van der Waals surface area contributed by atoms with Crippen LogP contribution in [0.1, 0.15) is 11.1 Å². The van der Waals surface area contributed by atoms with Crippen LogP contribution in [0, 0.1) is 0 Å². The van der Waals surface area contributed by atoms with Crippen LogP contribution in [0.3, 0.4) is 0 Å². The average Bonchev–Trinajstić information content (AvgIpc) is 3.36. The monoisotopic (exact) mass is 456 g/mol. The molecule has 3 aromatic rings. The molecule has 174 valence electrons. The SMILES string of the molecule is O=C(C=Cc1ccc2c(c1)OCO2)Nc1ccccc1N1CCN(CCc2ccncc2)CC1. The van der Waals surface area contributed by atoms with Crippen LogP contribution in [0.25, 0.3) is 6.08 Å². The van der Waals surface area contributed by atoms with Crippen molar-refractivity contribution in [2.24, 2.45) is 0 Å². The largest absolute Gasteiger partial charge is 0.454 e. The highest BCUT2D eigenvalue weighted by Crippen LogP contribution is 2.33. The fraction of sp³-hybridized carbons (Fsp3) is 0.259. The molecule has 0 aliphatic carbocycles. The summed E-state index contributed by atoms with van der Waals surface area (Å²) in [6.07, 6.45) is 8.06. The highest BCUT2D eigenvalue weighted by atomic mass is 16.7. The fourth-order valence-corrected chi connectivity index (χ4v) is 4.27. The third kappa shape index (κ3) is 5.38. The number of piperazine rings is 1. The lowest BCUT2D eigenvalue weighted by Gasteiger charge is -2.37. The van der Waals surface area contributed by atoms with Gasteiger partial charge in [0.1, 0.15) is 0 Å². The summed E-state index contributed by atoms with van der Waals surface area (Å²) < 4.78 is 10.7. The van der Waals surface area contributed by atoms with Crippen LogP contribution in [0.5, 0.6) is 11.5 Å². The van der Waals surface area contributed by atoms with Gasteiger partial charge in [0.25, 0.3) is 0 Å². The number of benzene rings is 2. The summed E-state index contributed by atoms with van der Waals surface area (Å²) in [7, 11) is 0. The highest BCUT2D eigenvalue weighted by Gasteiger charge is 2.19. The van der Waals surface area contributed by atoms with Gasteiger partial charge in [0.15, 0.2) is 11.5 Å². The van der Waals surface area contributed by atoms with Crippen LogP contribution >= 0.6 is 0 Å². The Labute approximate surface area is 199 Å². The molecule has 2 aliphatic rings. The normalized spacial score (nSPS) is 15.6. The first-order valence-electron chi connectivity index (χ1n) is 11.6. The molecule has 0 atom stereocenters. The number of hydrogen-bond donors (Lipinski definition) is 1. The van der Waals surface area contributed by atoms with Crippen LogP contribution in [0.15, 0.2) is 73.1 Å². The Bertz CT molecular complexity index is 1160. The number of ether oxygens (including phenoxy) is 2. The Balaban J connectivity index is 1.16. The molecule has 2 aliphatic heterocycles. The number of fused-ring (bicyclic) bond motifs is 1. The lowest BCUT2D eigenvalue weighted by molar-refractivity contribution is -0.111. The first-order chi connectivity index (χ1) is 16.7. The summed E-state index contributed by atoms with van der Waals surface area (Å²) in [5.74, 6) is 1.27. The molecule has 3 heterocycles. The molecule has 1 fully saturated rings. The standard InChI is InChI=1S/C27H28N4O3/c32-27(8-6-22-5-7-25-26(19-22)34-20-33-25)29-23-3-1-2-4-24(23)31-17-15-30(16-18-31)14-11-21-9-12-28-13-10-21/h1-10,12-13,19H,11,14-18,20H2,(H,29,32). The fourth-order valence-electron chi connectivity index (χ4n) is 4.27. The van der Waals surface area contributed by atoms with E-state index in [2.05, 4.69) is 38.3 Å². The summed E-state index contributed by atoms with van der Waals surface area (Å²) in [5.41, 5.74) is 4.09. The van der Waals surface area contributed by atoms with Crippen molar-refractivity contribution in [3.05, 3.63) is 84.2 Å². The number of amides is 1. The lowest BCUT2D eigenvalue weighted by atomic mass is 10.1. The second-order valence-electron chi connectivity index (χ2n) is 8.39. The molecule has 1 N–H and O–H groups in total. The number of carbonyl (C=O) groups is 1. The van der Waals surface area contributed by atoms with Gasteiger partial charge in [0, 0.05) is 51.2 Å². The summed E-state index contributed by atoms with van der Waals surface area (Å²) in [6, 6.07) is 17.8. The maximum absolute atomic E-state index is 12.6. The number of carbonyl (C=O) groups excluding carboxylic acids is 1. The smallest absolute Gasteiger partial charge is 0.248 e. The average molecular weight is 457 g/mol. The summed E-state index contributed by atoms with van der Waals surface area (Å²) >= 11 is 0. The Morgan fingerprint density at radius 3 is 2.62 bits per heavy atom. The maximum Gasteiger partial charge on any atom is 0.248 e. The van der Waals surface area contributed by atoms with E-state index in [-0.39, 0.29) is 12.7 Å². The zero-order chi connectivity index (χ0) is 23.2. The Morgan fingerprint density at radius 1 is 0.971 bits per heavy atom. The summed E-state index contributed by atoms with van der Waals surface area (Å²) in [5, 5.41) is 3.05. The maximum atomic E-state index is 12.6. The molecular weight excluding hydrogens is 428 g/mol. The molecule has 1 saturated heterocycles. The van der Waals surface area contributed by atoms with E-state index in [0.29, 0.717) is 5.75 Å². The van der Waals surface area contributed by atoms with E-state index >= 15 is 0 Å². The van der Waals surface area contributed by atoms with Crippen LogP contribution in [0.2, 0.25) is 0 Å². The minimum absolute atomic E-state index is 0.166. The Kier molecular flexibility index (Phi) is 6.72. The second-order valence-corrected chi connectivity index (χ2v) is 8.39. The summed E-state index contributed by atoms with van der Waals surface area (Å²) in [6.45, 7) is 5.13. The first kappa shape index (κ1) is 22.0. The van der Waals surface area contributed by atoms with Crippen LogP contribution < -0.4 is 19.7 Å². The third-order valence-corrected chi connectivity index (χ3v) is 6.16. The number of pyridine rings is 1. The predicted molar refractivity (Wildman–Crippen MR) is 133 cm³/mol. The van der Waals surface area contributed by atoms with Crippen molar-refractivity contribution in [2.45, 2.75) is 6.42 Å². The molecule has 0 saturated carbocycles. The number of nitrogens with zero attached hydrogens (tertiary/aromatic N) is 3. The van der Waals surface area contributed by atoms with Gasteiger partial charge in [-0.1, -0.05) is 18.2 Å². The number of nitrogens with one attached hydrogen (secondary N) is 1. The van der Waals surface area contributed by atoms with Crippen molar-refractivity contribution in [2.75, 3.05) is 49.7 Å². The molecular formula is C27H28N4O3. The van der Waals surface area contributed by atoms with Gasteiger partial charge in [-0.2, -0.15) is 0 Å². The van der Waals surface area contributed by atoms with Gasteiger partial charge in [-0.25, -0.2) is 0 Å². The minimum Gasteiger partial charge on any atom is -0.454 e. The van der Waals surface area contributed by atoms with E-state index in [1.54, 1.807) is 12.2 Å². The zero-order valence-electron chi connectivity index (χ0n) is 19.0. The van der Waals surface area contributed by atoms with E-state index in [4.69, 9.17) is 9.47 Å². The van der Waals surface area contributed by atoms with Gasteiger partial charge in [0.2, 0.25) is 12.7 Å². The topological polar surface area (TPSA) is 66.9 Å². The van der Waals surface area contributed by atoms with Gasteiger partial charge in [-0.3, -0.25) is 14.7 Å². The van der Waals surface area contributed by atoms with Crippen molar-refractivity contribution < 1.29 is 14.3 Å². The quantitative estimate of drug-likeness (QED) is 0.545. The molecule has 0 radical (unpaired) electrons. The molecule has 0 spiro atoms. The van der Waals surface area contributed by atoms with E-state index in [1.165, 1.54) is 5.56 Å². The van der Waals surface area contributed by atoms with Crippen molar-refractivity contribution in [3.8, 4) is 11.5 Å². The van der Waals surface area contributed by atoms with Gasteiger partial charge in [-0.05, 0) is 60.0 Å². The molecule has 7 nitrogen and oxygen atoms in total. The zero-order valence-corrected chi connectivity index (χ0v) is 19.0. The molecule has 1 aromatic heterocycles. The number of anilines is 2. The second kappa shape index (κ2) is 10.4. The Hall–Kier alpha value is -3.84. The molecule has 34 heavy (non-hydrogen) atoms. The van der Waals surface area contributed by atoms with Crippen molar-refractivity contribution in [1.29, 1.82) is 0 Å². The van der Waals surface area contributed by atoms with Crippen molar-refractivity contribution >= 4 is 23.4 Å². The Morgan fingerprint density at radius 2 is 1.76 bits per heavy atom. The molecule has 0 bridgehead atoms. The van der Waals surface area contributed by atoms with E-state index in [9.17, 15) is 4.79 Å². The third-order valence-electron chi connectivity index (χ3n) is 6.16. The first-order valence-corrected chi connectivity index (χ1v) is 11.6. The number of hydrogen-bond acceptors (Lipinski definition) is 6. The minimum atomic E-state index is -0.166. The van der Waals surface area contributed by atoms with Crippen LogP contribution in [-0.4, -0.2) is 55.3 Å². The van der Waals surface area contributed by atoms with Crippen molar-refractivity contribution in [3.63, 3.8) is 0 Å².